The van der Waals surface area contributed by atoms with Gasteiger partial charge in [-0.15, -0.1) is 0 Å². The van der Waals surface area contributed by atoms with E-state index in [1.165, 1.54) is 5.57 Å². The summed E-state index contributed by atoms with van der Waals surface area (Å²) in [7, 11) is 3.03. The molecule has 0 aliphatic carbocycles. The molecule has 0 aromatic heterocycles. The first kappa shape index (κ1) is 14.5. The van der Waals surface area contributed by atoms with Crippen molar-refractivity contribution in [3.05, 3.63) is 11.6 Å². The second-order valence-electron chi connectivity index (χ2n) is 2.92. The van der Waals surface area contributed by atoms with Gasteiger partial charge in [0.2, 0.25) is 0 Å². The Balaban J connectivity index is 3.25. The molecule has 84 valence electrons. The lowest BCUT2D eigenvalue weighted by Crippen LogP contribution is -2.00. The van der Waals surface area contributed by atoms with E-state index in [0.29, 0.717) is 21.7 Å². The minimum absolute atomic E-state index is 0.109. The first-order valence-electron chi connectivity index (χ1n) is 4.73. The van der Waals surface area contributed by atoms with E-state index in [1.54, 1.807) is 0 Å². The highest BCUT2D eigenvalue weighted by Gasteiger charge is 1.91. The summed E-state index contributed by atoms with van der Waals surface area (Å²) in [6.07, 6.45) is 4.14. The third-order valence-corrected chi connectivity index (χ3v) is 2.53. The summed E-state index contributed by atoms with van der Waals surface area (Å²) in [6, 6.07) is 0. The van der Waals surface area contributed by atoms with Crippen molar-refractivity contribution in [3.63, 3.8) is 0 Å². The van der Waals surface area contributed by atoms with Crippen LogP contribution in [0.4, 0.5) is 0 Å². The first-order valence-corrected chi connectivity index (χ1v) is 7.44. The van der Waals surface area contributed by atoms with Crippen LogP contribution in [0, 0.1) is 0 Å². The van der Waals surface area contributed by atoms with Crippen LogP contribution in [0.15, 0.2) is 11.6 Å². The van der Waals surface area contributed by atoms with Crippen LogP contribution < -0.4 is 0 Å². The highest BCUT2D eigenvalue weighted by Crippen LogP contribution is 2.20. The summed E-state index contributed by atoms with van der Waals surface area (Å²) in [5.41, 5.74) is 1.33. The summed E-state index contributed by atoms with van der Waals surface area (Å²) in [5.74, 6) is 0. The van der Waals surface area contributed by atoms with Gasteiger partial charge in [-0.25, -0.2) is 0 Å². The quantitative estimate of drug-likeness (QED) is 0.380. The molecule has 3 nitrogen and oxygen atoms in total. The number of aliphatic hydroxyl groups excluding tert-OH is 1. The van der Waals surface area contributed by atoms with Crippen LogP contribution in [0.1, 0.15) is 19.8 Å². The van der Waals surface area contributed by atoms with Crippen LogP contribution in [0.5, 0.6) is 0 Å². The van der Waals surface area contributed by atoms with Crippen LogP contribution in [0.2, 0.25) is 0 Å². The lowest BCUT2D eigenvalue weighted by atomic mass is 10.1. The van der Waals surface area contributed by atoms with Gasteiger partial charge in [0.15, 0.2) is 0 Å². The molecule has 0 aliphatic heterocycles. The molecule has 0 amide bonds. The van der Waals surface area contributed by atoms with Crippen molar-refractivity contribution in [2.45, 2.75) is 19.8 Å². The molecule has 0 aromatic carbocycles. The van der Waals surface area contributed by atoms with Crippen LogP contribution >= 0.6 is 17.4 Å². The maximum absolute atomic E-state index is 8.46. The average Bonchev–Trinajstić information content (AvgIpc) is 2.18. The van der Waals surface area contributed by atoms with E-state index in [0.717, 1.165) is 19.4 Å². The van der Waals surface area contributed by atoms with Gasteiger partial charge in [0.05, 0.1) is 19.8 Å². The second kappa shape index (κ2) is 11.6. The van der Waals surface area contributed by atoms with Crippen LogP contribution in [-0.2, 0) is 9.26 Å². The molecular weight excluding hydrogens is 218 g/mol. The number of rotatable bonds is 9. The van der Waals surface area contributed by atoms with Crippen molar-refractivity contribution in [2.24, 2.45) is 0 Å². The van der Waals surface area contributed by atoms with Crippen molar-refractivity contribution in [1.29, 1.82) is 0 Å². The van der Waals surface area contributed by atoms with Gasteiger partial charge < -0.3 is 14.4 Å². The Morgan fingerprint density at radius 3 is 2.93 bits per heavy atom. The van der Waals surface area contributed by atoms with E-state index < -0.39 is 0 Å². The standard InChI is InChI=1S/C9H20O3P2/c1-9(4-7-12-14-13)3-2-6-11-8-5-10/h4,10,14H,2-3,5-8,13H2,1H3/b9-4+. The van der Waals surface area contributed by atoms with E-state index >= 15 is 0 Å². The van der Waals surface area contributed by atoms with E-state index in [9.17, 15) is 0 Å². The second-order valence-corrected chi connectivity index (χ2v) is 4.15. The molecule has 5 heteroatoms. The first-order chi connectivity index (χ1) is 6.81. The molecule has 0 aromatic rings. The summed E-state index contributed by atoms with van der Waals surface area (Å²) >= 11 is 0. The number of hydrogen-bond donors (Lipinski definition) is 1. The molecule has 2 atom stereocenters. The fourth-order valence-corrected chi connectivity index (χ4v) is 1.42. The summed E-state index contributed by atoms with van der Waals surface area (Å²) in [5, 5.41) is 8.46. The largest absolute Gasteiger partial charge is 0.394 e. The maximum atomic E-state index is 8.46. The maximum Gasteiger partial charge on any atom is 0.0697 e. The van der Waals surface area contributed by atoms with Crippen molar-refractivity contribution in [3.8, 4) is 0 Å². The minimum atomic E-state index is 0.109. The lowest BCUT2D eigenvalue weighted by molar-refractivity contribution is 0.0908. The molecule has 0 rings (SSSR count). The summed E-state index contributed by atoms with van der Waals surface area (Å²) in [4.78, 5) is 0. The predicted molar refractivity (Wildman–Crippen MR) is 64.9 cm³/mol. The number of ether oxygens (including phenoxy) is 1. The molecule has 0 fully saturated rings. The molecule has 2 unspecified atom stereocenters. The van der Waals surface area contributed by atoms with Crippen molar-refractivity contribution in [1.82, 2.24) is 0 Å². The summed E-state index contributed by atoms with van der Waals surface area (Å²) in [6.45, 7) is 4.07. The van der Waals surface area contributed by atoms with Crippen LogP contribution in [-0.4, -0.2) is 31.5 Å². The van der Waals surface area contributed by atoms with Crippen molar-refractivity contribution < 1.29 is 14.4 Å². The molecule has 14 heavy (non-hydrogen) atoms. The predicted octanol–water partition coefficient (Wildman–Crippen LogP) is 2.12. The highest BCUT2D eigenvalue weighted by molar-refractivity contribution is 8.00. The van der Waals surface area contributed by atoms with Crippen LogP contribution in [0.3, 0.4) is 0 Å². The molecule has 0 saturated carbocycles. The average molecular weight is 238 g/mol. The number of aliphatic hydroxyl groups is 1. The van der Waals surface area contributed by atoms with Gasteiger partial charge >= 0.3 is 0 Å². The Morgan fingerprint density at radius 1 is 1.50 bits per heavy atom. The monoisotopic (exact) mass is 238 g/mol. The molecule has 1 N–H and O–H groups in total. The van der Waals surface area contributed by atoms with Gasteiger partial charge in [0.25, 0.3) is 0 Å². The van der Waals surface area contributed by atoms with Crippen molar-refractivity contribution in [2.75, 3.05) is 26.4 Å². The summed E-state index contributed by atoms with van der Waals surface area (Å²) < 4.78 is 10.3. The molecular formula is C9H20O3P2. The van der Waals surface area contributed by atoms with E-state index in [2.05, 4.69) is 21.9 Å². The lowest BCUT2D eigenvalue weighted by Gasteiger charge is -2.03. The van der Waals surface area contributed by atoms with Gasteiger partial charge in [-0.1, -0.05) is 20.6 Å². The molecule has 0 spiro atoms. The SMILES string of the molecule is C/C(=C\COPP)CCCOCCO. The van der Waals surface area contributed by atoms with Gasteiger partial charge in [0, 0.05) is 15.1 Å². The zero-order chi connectivity index (χ0) is 10.6. The smallest absolute Gasteiger partial charge is 0.0697 e. The van der Waals surface area contributed by atoms with E-state index in [4.69, 9.17) is 14.4 Å². The number of allylic oxidation sites excluding steroid dienone is 1. The Labute approximate surface area is 90.2 Å². The molecule has 0 heterocycles. The normalized spacial score (nSPS) is 12.9. The topological polar surface area (TPSA) is 38.7 Å². The van der Waals surface area contributed by atoms with Gasteiger partial charge in [-0.2, -0.15) is 0 Å². The Morgan fingerprint density at radius 2 is 2.29 bits per heavy atom. The molecule has 0 bridgehead atoms. The Kier molecular flexibility index (Phi) is 12.0. The zero-order valence-electron chi connectivity index (χ0n) is 8.66. The fourth-order valence-electron chi connectivity index (χ4n) is 0.954. The molecule has 0 saturated heterocycles. The molecule has 0 radical (unpaired) electrons. The van der Waals surface area contributed by atoms with E-state index in [-0.39, 0.29) is 6.61 Å². The Hall–Kier alpha value is 0.480. The zero-order valence-corrected chi connectivity index (χ0v) is 10.8. The fraction of sp³-hybridized carbons (Fsp3) is 0.778. The van der Waals surface area contributed by atoms with Crippen molar-refractivity contribution >= 4 is 17.4 Å². The van der Waals surface area contributed by atoms with E-state index in [1.807, 2.05) is 0 Å². The van der Waals surface area contributed by atoms with Gasteiger partial charge in [0.1, 0.15) is 0 Å². The number of hydrogen-bond acceptors (Lipinski definition) is 3. The third kappa shape index (κ3) is 10.6. The third-order valence-electron chi connectivity index (χ3n) is 1.69. The Bertz CT molecular complexity index is 151. The van der Waals surface area contributed by atoms with Gasteiger partial charge in [-0.05, 0) is 19.8 Å². The highest BCUT2D eigenvalue weighted by atomic mass is 32.0. The minimum Gasteiger partial charge on any atom is -0.394 e. The van der Waals surface area contributed by atoms with Gasteiger partial charge in [-0.3, -0.25) is 0 Å². The van der Waals surface area contributed by atoms with Crippen LogP contribution in [0.25, 0.3) is 0 Å². The molecule has 0 aliphatic rings.